The molecule has 1 heterocycles. The number of anilines is 1. The molecular formula is C14H16ClN3O3. The van der Waals surface area contributed by atoms with E-state index in [4.69, 9.17) is 31.5 Å². The van der Waals surface area contributed by atoms with Crippen molar-refractivity contribution in [1.29, 1.82) is 0 Å². The van der Waals surface area contributed by atoms with Crippen molar-refractivity contribution in [1.82, 2.24) is 9.97 Å². The Morgan fingerprint density at radius 2 is 1.95 bits per heavy atom. The van der Waals surface area contributed by atoms with E-state index >= 15 is 0 Å². The quantitative estimate of drug-likeness (QED) is 0.875. The molecule has 7 heteroatoms. The number of fused-ring (bicyclic) bond motifs is 1. The van der Waals surface area contributed by atoms with Gasteiger partial charge >= 0.3 is 0 Å². The molecule has 1 saturated carbocycles. The van der Waals surface area contributed by atoms with Crippen LogP contribution in [0.3, 0.4) is 0 Å². The Bertz CT molecular complexity index is 689. The molecule has 6 nitrogen and oxygen atoms in total. The molecule has 0 radical (unpaired) electrons. The molecule has 2 aromatic rings. The van der Waals surface area contributed by atoms with Gasteiger partial charge in [0.1, 0.15) is 5.82 Å². The third-order valence-electron chi connectivity index (χ3n) is 3.62. The summed E-state index contributed by atoms with van der Waals surface area (Å²) < 4.78 is 16.8. The van der Waals surface area contributed by atoms with Crippen LogP contribution in [0.15, 0.2) is 6.07 Å². The van der Waals surface area contributed by atoms with Gasteiger partial charge in [-0.3, -0.25) is 0 Å². The van der Waals surface area contributed by atoms with Gasteiger partial charge in [0, 0.05) is 6.07 Å². The van der Waals surface area contributed by atoms with Gasteiger partial charge in [-0.2, -0.15) is 0 Å². The second-order valence-electron chi connectivity index (χ2n) is 4.88. The Morgan fingerprint density at radius 3 is 2.52 bits per heavy atom. The number of aromatic nitrogens is 2. The van der Waals surface area contributed by atoms with E-state index in [9.17, 15) is 0 Å². The van der Waals surface area contributed by atoms with Crippen LogP contribution in [0.4, 0.5) is 5.82 Å². The van der Waals surface area contributed by atoms with Crippen LogP contribution in [0.5, 0.6) is 17.2 Å². The summed E-state index contributed by atoms with van der Waals surface area (Å²) in [7, 11) is 3.12. The molecule has 1 fully saturated rings. The molecule has 0 amide bonds. The van der Waals surface area contributed by atoms with Crippen molar-refractivity contribution in [2.45, 2.75) is 25.4 Å². The van der Waals surface area contributed by atoms with Crippen LogP contribution < -0.4 is 19.9 Å². The lowest BCUT2D eigenvalue weighted by molar-refractivity contribution is 0.117. The van der Waals surface area contributed by atoms with Crippen LogP contribution in [-0.2, 0) is 0 Å². The molecular weight excluding hydrogens is 294 g/mol. The Morgan fingerprint density at radius 1 is 1.19 bits per heavy atom. The van der Waals surface area contributed by atoms with Gasteiger partial charge in [-0.05, 0) is 30.9 Å². The zero-order valence-corrected chi connectivity index (χ0v) is 12.6. The van der Waals surface area contributed by atoms with Gasteiger partial charge in [-0.25, -0.2) is 9.97 Å². The molecule has 21 heavy (non-hydrogen) atoms. The monoisotopic (exact) mass is 309 g/mol. The SMILES string of the molecule is COc1cc2nc(Cl)nc(N)c2c(OC2CCC2)c1OC. The maximum absolute atomic E-state index is 6.04. The van der Waals surface area contributed by atoms with Gasteiger partial charge in [-0.1, -0.05) is 0 Å². The highest BCUT2D eigenvalue weighted by Gasteiger charge is 2.26. The van der Waals surface area contributed by atoms with Gasteiger partial charge in [0.25, 0.3) is 0 Å². The summed E-state index contributed by atoms with van der Waals surface area (Å²) in [6.07, 6.45) is 3.34. The Kier molecular flexibility index (Phi) is 3.63. The summed E-state index contributed by atoms with van der Waals surface area (Å²) >= 11 is 5.87. The topological polar surface area (TPSA) is 79.5 Å². The van der Waals surface area contributed by atoms with Crippen LogP contribution in [0.1, 0.15) is 19.3 Å². The third kappa shape index (κ3) is 2.40. The lowest BCUT2D eigenvalue weighted by Gasteiger charge is -2.28. The van der Waals surface area contributed by atoms with Gasteiger partial charge in [0.2, 0.25) is 11.0 Å². The summed E-state index contributed by atoms with van der Waals surface area (Å²) in [5.41, 5.74) is 6.57. The fourth-order valence-electron chi connectivity index (χ4n) is 2.33. The van der Waals surface area contributed by atoms with Crippen LogP contribution in [-0.4, -0.2) is 30.3 Å². The smallest absolute Gasteiger partial charge is 0.224 e. The number of methoxy groups -OCH3 is 2. The molecule has 3 rings (SSSR count). The predicted molar refractivity (Wildman–Crippen MR) is 80.3 cm³/mol. The first-order valence-electron chi connectivity index (χ1n) is 6.68. The summed E-state index contributed by atoms with van der Waals surface area (Å²) in [5, 5.41) is 0.686. The summed E-state index contributed by atoms with van der Waals surface area (Å²) in [5.74, 6) is 1.80. The number of nitrogens with two attached hydrogens (primary N) is 1. The van der Waals surface area contributed by atoms with E-state index < -0.39 is 0 Å². The van der Waals surface area contributed by atoms with Crippen LogP contribution in [0.2, 0.25) is 5.28 Å². The molecule has 0 bridgehead atoms. The van der Waals surface area contributed by atoms with Gasteiger partial charge in [0.15, 0.2) is 11.5 Å². The van der Waals surface area contributed by atoms with Crippen molar-refractivity contribution < 1.29 is 14.2 Å². The second-order valence-corrected chi connectivity index (χ2v) is 5.22. The van der Waals surface area contributed by atoms with E-state index in [0.29, 0.717) is 28.2 Å². The molecule has 2 N–H and O–H groups in total. The fraction of sp³-hybridized carbons (Fsp3) is 0.429. The zero-order chi connectivity index (χ0) is 15.0. The average molecular weight is 310 g/mol. The summed E-state index contributed by atoms with van der Waals surface area (Å²) in [6, 6.07) is 1.71. The minimum absolute atomic E-state index is 0.0850. The van der Waals surface area contributed by atoms with E-state index in [1.165, 1.54) is 0 Å². The molecule has 0 unspecified atom stereocenters. The summed E-state index contributed by atoms with van der Waals surface area (Å²) in [4.78, 5) is 8.19. The highest BCUT2D eigenvalue weighted by atomic mass is 35.5. The number of rotatable bonds is 4. The largest absolute Gasteiger partial charge is 0.493 e. The first-order chi connectivity index (χ1) is 10.1. The molecule has 1 aromatic heterocycles. The number of halogens is 1. The van der Waals surface area contributed by atoms with Crippen molar-refractivity contribution in [2.75, 3.05) is 20.0 Å². The normalized spacial score (nSPS) is 14.8. The van der Waals surface area contributed by atoms with E-state index in [1.807, 2.05) is 0 Å². The first kappa shape index (κ1) is 14.0. The fourth-order valence-corrected chi connectivity index (χ4v) is 2.51. The maximum Gasteiger partial charge on any atom is 0.224 e. The van der Waals surface area contributed by atoms with E-state index in [1.54, 1.807) is 20.3 Å². The standard InChI is InChI=1S/C14H16ClN3O3/c1-19-9-6-8-10(13(16)18-14(15)17-8)12(11(9)20-2)21-7-4-3-5-7/h6-7H,3-5H2,1-2H3,(H2,16,17,18). The average Bonchev–Trinajstić information content (AvgIpc) is 2.40. The maximum atomic E-state index is 6.04. The molecule has 0 spiro atoms. The molecule has 112 valence electrons. The van der Waals surface area contributed by atoms with E-state index in [-0.39, 0.29) is 17.2 Å². The molecule has 1 aromatic carbocycles. The summed E-state index contributed by atoms with van der Waals surface area (Å²) in [6.45, 7) is 0. The van der Waals surface area contributed by atoms with Crippen molar-refractivity contribution in [3.63, 3.8) is 0 Å². The van der Waals surface area contributed by atoms with Gasteiger partial charge in [-0.15, -0.1) is 0 Å². The number of hydrogen-bond acceptors (Lipinski definition) is 6. The predicted octanol–water partition coefficient (Wildman–Crippen LogP) is 2.81. The number of benzene rings is 1. The molecule has 1 aliphatic carbocycles. The zero-order valence-electron chi connectivity index (χ0n) is 11.9. The lowest BCUT2D eigenvalue weighted by Crippen LogP contribution is -2.25. The van der Waals surface area contributed by atoms with E-state index in [0.717, 1.165) is 19.3 Å². The Labute approximate surface area is 127 Å². The Balaban J connectivity index is 2.26. The van der Waals surface area contributed by atoms with Crippen molar-refractivity contribution >= 4 is 28.3 Å². The number of hydrogen-bond donors (Lipinski definition) is 1. The van der Waals surface area contributed by atoms with Gasteiger partial charge < -0.3 is 19.9 Å². The highest BCUT2D eigenvalue weighted by Crippen LogP contribution is 2.46. The van der Waals surface area contributed by atoms with Crippen molar-refractivity contribution in [3.05, 3.63) is 11.3 Å². The van der Waals surface area contributed by atoms with Gasteiger partial charge in [0.05, 0.1) is 31.2 Å². The van der Waals surface area contributed by atoms with Crippen molar-refractivity contribution in [3.8, 4) is 17.2 Å². The van der Waals surface area contributed by atoms with E-state index in [2.05, 4.69) is 9.97 Å². The minimum Gasteiger partial charge on any atom is -0.493 e. The lowest BCUT2D eigenvalue weighted by atomic mass is 9.96. The third-order valence-corrected chi connectivity index (χ3v) is 3.79. The Hall–Kier alpha value is -1.95. The number of nitrogen functional groups attached to an aromatic ring is 1. The van der Waals surface area contributed by atoms with Crippen molar-refractivity contribution in [2.24, 2.45) is 0 Å². The second kappa shape index (κ2) is 5.44. The van der Waals surface area contributed by atoms with Crippen LogP contribution in [0, 0.1) is 0 Å². The first-order valence-corrected chi connectivity index (χ1v) is 7.06. The molecule has 0 atom stereocenters. The molecule has 0 aliphatic heterocycles. The van der Waals surface area contributed by atoms with Crippen LogP contribution in [0.25, 0.3) is 10.9 Å². The minimum atomic E-state index is 0.0850. The molecule has 0 saturated heterocycles. The highest BCUT2D eigenvalue weighted by molar-refractivity contribution is 6.29. The number of ether oxygens (including phenoxy) is 3. The molecule has 1 aliphatic rings. The van der Waals surface area contributed by atoms with Crippen LogP contribution >= 0.6 is 11.6 Å². The number of nitrogens with zero attached hydrogens (tertiary/aromatic N) is 2.